The van der Waals surface area contributed by atoms with Gasteiger partial charge in [-0.15, -0.1) is 0 Å². The van der Waals surface area contributed by atoms with E-state index < -0.39 is 17.1 Å². The van der Waals surface area contributed by atoms with Crippen molar-refractivity contribution in [2.75, 3.05) is 13.2 Å². The molecule has 0 radical (unpaired) electrons. The van der Waals surface area contributed by atoms with Crippen LogP contribution in [0.15, 0.2) is 18.2 Å². The molecule has 0 unspecified atom stereocenters. The molecule has 0 aromatic heterocycles. The van der Waals surface area contributed by atoms with Crippen LogP contribution in [0.1, 0.15) is 0 Å². The summed E-state index contributed by atoms with van der Waals surface area (Å²) in [5, 5.41) is 20.6. The van der Waals surface area contributed by atoms with Gasteiger partial charge in [-0.3, -0.25) is 10.1 Å². The van der Waals surface area contributed by atoms with Gasteiger partial charge in [0.2, 0.25) is 0 Å². The van der Waals surface area contributed by atoms with E-state index in [0.717, 1.165) is 0 Å². The van der Waals surface area contributed by atoms with Crippen LogP contribution < -0.4 is 4.74 Å². The van der Waals surface area contributed by atoms with Gasteiger partial charge in [0.15, 0.2) is 11.9 Å². The molecule has 1 aromatic rings. The number of hydrogen-bond acceptors (Lipinski definition) is 5. The number of rotatable bonds is 3. The first-order chi connectivity index (χ1) is 8.08. The molecule has 0 saturated carbocycles. The fourth-order valence-electron chi connectivity index (χ4n) is 1.53. The molecule has 1 heterocycles. The Morgan fingerprint density at radius 2 is 2.29 bits per heavy atom. The first-order valence-electron chi connectivity index (χ1n) is 4.94. The second-order valence-corrected chi connectivity index (χ2v) is 4.07. The lowest BCUT2D eigenvalue weighted by Gasteiger charge is -2.15. The van der Waals surface area contributed by atoms with Gasteiger partial charge < -0.3 is 14.6 Å². The van der Waals surface area contributed by atoms with Gasteiger partial charge in [-0.05, 0) is 6.07 Å². The predicted molar refractivity (Wildman–Crippen MR) is 59.3 cm³/mol. The highest BCUT2D eigenvalue weighted by atomic mass is 35.5. The molecule has 0 bridgehead atoms. The summed E-state index contributed by atoms with van der Waals surface area (Å²) in [7, 11) is 0. The molecule has 1 N–H and O–H groups in total. The molecular weight excluding hydrogens is 250 g/mol. The highest BCUT2D eigenvalue weighted by molar-refractivity contribution is 6.30. The molecule has 7 heteroatoms. The van der Waals surface area contributed by atoms with Crippen molar-refractivity contribution in [1.82, 2.24) is 0 Å². The summed E-state index contributed by atoms with van der Waals surface area (Å²) in [4.78, 5) is 10.2. The number of nitro groups is 1. The molecule has 0 spiro atoms. The predicted octanol–water partition coefficient (Wildman–Crippen LogP) is 1.39. The fraction of sp³-hybridized carbons (Fsp3) is 0.400. The number of hydrogen-bond donors (Lipinski definition) is 1. The SMILES string of the molecule is O=[N+]([O-])c1ccc(Cl)cc1O[C@@H]1COC[C@H]1O. The minimum Gasteiger partial charge on any atom is -0.478 e. The molecule has 0 amide bonds. The van der Waals surface area contributed by atoms with Gasteiger partial charge in [-0.1, -0.05) is 11.6 Å². The largest absolute Gasteiger partial charge is 0.478 e. The number of aliphatic hydroxyl groups is 1. The lowest BCUT2D eigenvalue weighted by molar-refractivity contribution is -0.386. The van der Waals surface area contributed by atoms with E-state index in [-0.39, 0.29) is 24.7 Å². The molecule has 17 heavy (non-hydrogen) atoms. The Morgan fingerprint density at radius 1 is 1.53 bits per heavy atom. The third kappa shape index (κ3) is 2.66. The van der Waals surface area contributed by atoms with Crippen molar-refractivity contribution in [3.8, 4) is 5.75 Å². The Labute approximate surface area is 102 Å². The standard InChI is InChI=1S/C10H10ClNO5/c11-6-1-2-7(12(14)15)9(3-6)17-10-5-16-4-8(10)13/h1-3,8,10,13H,4-5H2/t8-,10-/m1/s1. The number of aliphatic hydroxyl groups excluding tert-OH is 1. The van der Waals surface area contributed by atoms with E-state index in [1.807, 2.05) is 0 Å². The normalized spacial score (nSPS) is 23.6. The van der Waals surface area contributed by atoms with Crippen molar-refractivity contribution < 1.29 is 19.5 Å². The first kappa shape index (κ1) is 12.1. The number of halogens is 1. The van der Waals surface area contributed by atoms with Crippen molar-refractivity contribution in [3.63, 3.8) is 0 Å². The molecule has 2 rings (SSSR count). The zero-order chi connectivity index (χ0) is 12.4. The Bertz CT molecular complexity index is 439. The maximum absolute atomic E-state index is 10.8. The average Bonchev–Trinajstić information content (AvgIpc) is 2.64. The lowest BCUT2D eigenvalue weighted by Crippen LogP contribution is -2.29. The molecule has 6 nitrogen and oxygen atoms in total. The highest BCUT2D eigenvalue weighted by Crippen LogP contribution is 2.31. The number of ether oxygens (including phenoxy) is 2. The third-order valence-electron chi connectivity index (χ3n) is 2.40. The van der Waals surface area contributed by atoms with Gasteiger partial charge in [0.1, 0.15) is 6.10 Å². The first-order valence-corrected chi connectivity index (χ1v) is 5.32. The molecule has 92 valence electrons. The van der Waals surface area contributed by atoms with Crippen molar-refractivity contribution >= 4 is 17.3 Å². The van der Waals surface area contributed by atoms with Gasteiger partial charge in [-0.2, -0.15) is 0 Å². The summed E-state index contributed by atoms with van der Waals surface area (Å²) < 4.78 is 10.4. The van der Waals surface area contributed by atoms with Gasteiger partial charge >= 0.3 is 5.69 Å². The Balaban J connectivity index is 2.24. The molecule has 1 saturated heterocycles. The molecule has 1 fully saturated rings. The lowest BCUT2D eigenvalue weighted by atomic mass is 10.2. The highest BCUT2D eigenvalue weighted by Gasteiger charge is 2.30. The zero-order valence-corrected chi connectivity index (χ0v) is 9.46. The van der Waals surface area contributed by atoms with Crippen LogP contribution in [0.4, 0.5) is 5.69 Å². The van der Waals surface area contributed by atoms with Gasteiger partial charge in [-0.25, -0.2) is 0 Å². The van der Waals surface area contributed by atoms with Gasteiger partial charge in [0, 0.05) is 17.2 Å². The smallest absolute Gasteiger partial charge is 0.311 e. The van der Waals surface area contributed by atoms with Crippen LogP contribution in [-0.2, 0) is 4.74 Å². The molecule has 1 aliphatic heterocycles. The van der Waals surface area contributed by atoms with Crippen LogP contribution in [0.5, 0.6) is 5.75 Å². The van der Waals surface area contributed by atoms with Crippen molar-refractivity contribution in [2.45, 2.75) is 12.2 Å². The van der Waals surface area contributed by atoms with E-state index in [1.54, 1.807) is 0 Å². The minimum atomic E-state index is -0.784. The Morgan fingerprint density at radius 3 is 2.88 bits per heavy atom. The van der Waals surface area contributed by atoms with Crippen LogP contribution in [0.3, 0.4) is 0 Å². The van der Waals surface area contributed by atoms with Crippen LogP contribution >= 0.6 is 11.6 Å². The molecular formula is C10H10ClNO5. The quantitative estimate of drug-likeness (QED) is 0.655. The molecule has 1 aromatic carbocycles. The van der Waals surface area contributed by atoms with Crippen LogP contribution in [-0.4, -0.2) is 35.5 Å². The summed E-state index contributed by atoms with van der Waals surface area (Å²) in [5.41, 5.74) is -0.187. The van der Waals surface area contributed by atoms with Gasteiger partial charge in [0.05, 0.1) is 18.1 Å². The molecule has 1 aliphatic rings. The van der Waals surface area contributed by atoms with Crippen LogP contribution in [0.25, 0.3) is 0 Å². The second kappa shape index (κ2) is 4.87. The maximum Gasteiger partial charge on any atom is 0.311 e. The summed E-state index contributed by atoms with van der Waals surface area (Å²) in [6.45, 7) is 0.365. The fourth-order valence-corrected chi connectivity index (χ4v) is 1.69. The van der Waals surface area contributed by atoms with Crippen molar-refractivity contribution in [3.05, 3.63) is 33.3 Å². The number of nitro benzene ring substituents is 1. The Hall–Kier alpha value is -1.37. The van der Waals surface area contributed by atoms with E-state index in [1.165, 1.54) is 18.2 Å². The van der Waals surface area contributed by atoms with E-state index in [2.05, 4.69) is 0 Å². The summed E-state index contributed by atoms with van der Waals surface area (Å²) in [5.74, 6) is 0.0389. The summed E-state index contributed by atoms with van der Waals surface area (Å²) in [6, 6.07) is 4.03. The second-order valence-electron chi connectivity index (χ2n) is 3.63. The topological polar surface area (TPSA) is 81.8 Å². The van der Waals surface area contributed by atoms with E-state index >= 15 is 0 Å². The number of benzene rings is 1. The van der Waals surface area contributed by atoms with E-state index in [9.17, 15) is 15.2 Å². The number of nitrogens with zero attached hydrogens (tertiary/aromatic N) is 1. The maximum atomic E-state index is 10.8. The summed E-state index contributed by atoms with van der Waals surface area (Å²) in [6.07, 6.45) is -1.39. The van der Waals surface area contributed by atoms with E-state index in [4.69, 9.17) is 21.1 Å². The average molecular weight is 260 g/mol. The minimum absolute atomic E-state index is 0.0389. The van der Waals surface area contributed by atoms with Crippen LogP contribution in [0, 0.1) is 10.1 Å². The van der Waals surface area contributed by atoms with Crippen molar-refractivity contribution in [2.24, 2.45) is 0 Å². The Kier molecular flexibility index (Phi) is 3.46. The van der Waals surface area contributed by atoms with Gasteiger partial charge in [0.25, 0.3) is 0 Å². The molecule has 0 aliphatic carbocycles. The monoisotopic (exact) mass is 259 g/mol. The van der Waals surface area contributed by atoms with E-state index in [0.29, 0.717) is 5.02 Å². The zero-order valence-electron chi connectivity index (χ0n) is 8.71. The molecule has 2 atom stereocenters. The summed E-state index contributed by atoms with van der Waals surface area (Å²) >= 11 is 5.75. The van der Waals surface area contributed by atoms with Crippen LogP contribution in [0.2, 0.25) is 5.02 Å². The van der Waals surface area contributed by atoms with Crippen molar-refractivity contribution in [1.29, 1.82) is 0 Å². The third-order valence-corrected chi connectivity index (χ3v) is 2.63.